The first-order chi connectivity index (χ1) is 7.54. The van der Waals surface area contributed by atoms with Crippen molar-refractivity contribution in [1.82, 2.24) is 14.6 Å². The fourth-order valence-electron chi connectivity index (χ4n) is 1.55. The van der Waals surface area contributed by atoms with E-state index in [1.165, 1.54) is 15.9 Å². The van der Waals surface area contributed by atoms with Crippen LogP contribution < -0.4 is 0 Å². The fourth-order valence-corrected chi connectivity index (χ4v) is 2.39. The number of carbonyl (C=O) groups is 1. The van der Waals surface area contributed by atoms with Crippen LogP contribution in [0.2, 0.25) is 0 Å². The summed E-state index contributed by atoms with van der Waals surface area (Å²) in [5.41, 5.74) is 0.801. The summed E-state index contributed by atoms with van der Waals surface area (Å²) in [7, 11) is 0. The maximum Gasteiger partial charge on any atom is 0.356 e. The second-order valence-electron chi connectivity index (χ2n) is 3.85. The Labute approximate surface area is 96.7 Å². The molecular formula is C10H13N3O2S. The predicted molar refractivity (Wildman–Crippen MR) is 61.3 cm³/mol. The van der Waals surface area contributed by atoms with Crippen molar-refractivity contribution in [2.75, 3.05) is 0 Å². The van der Waals surface area contributed by atoms with Crippen LogP contribution in [0.3, 0.4) is 0 Å². The number of nitrogens with zero attached hydrogens (tertiary/aromatic N) is 3. The summed E-state index contributed by atoms with van der Waals surface area (Å²) < 4.78 is 1.45. The molecule has 0 saturated carbocycles. The Hall–Kier alpha value is -1.43. The average Bonchev–Trinajstić information content (AvgIpc) is 2.71. The summed E-state index contributed by atoms with van der Waals surface area (Å²) in [5.74, 6) is -0.880. The van der Waals surface area contributed by atoms with Crippen LogP contribution in [0, 0.1) is 0 Å². The van der Waals surface area contributed by atoms with Crippen LogP contribution in [0.25, 0.3) is 4.96 Å². The summed E-state index contributed by atoms with van der Waals surface area (Å²) in [6, 6.07) is 0. The quantitative estimate of drug-likeness (QED) is 0.891. The van der Waals surface area contributed by atoms with Gasteiger partial charge in [0.25, 0.3) is 0 Å². The number of imidazole rings is 1. The molecule has 0 spiro atoms. The van der Waals surface area contributed by atoms with Crippen LogP contribution in [0.15, 0.2) is 0 Å². The van der Waals surface area contributed by atoms with Gasteiger partial charge in [0, 0.05) is 0 Å². The SMILES string of the molecule is CCc1nn2c(C(=O)O)c(C(C)C)nc2s1. The first kappa shape index (κ1) is 11.1. The number of aromatic nitrogens is 3. The van der Waals surface area contributed by atoms with Crippen molar-refractivity contribution in [3.8, 4) is 0 Å². The second kappa shape index (κ2) is 3.86. The fraction of sp³-hybridized carbons (Fsp3) is 0.500. The Morgan fingerprint density at radius 3 is 2.75 bits per heavy atom. The topological polar surface area (TPSA) is 67.5 Å². The largest absolute Gasteiger partial charge is 0.476 e. The Morgan fingerprint density at radius 2 is 2.25 bits per heavy atom. The van der Waals surface area contributed by atoms with E-state index < -0.39 is 5.97 Å². The monoisotopic (exact) mass is 239 g/mol. The maximum atomic E-state index is 11.2. The van der Waals surface area contributed by atoms with Crippen molar-refractivity contribution >= 4 is 22.3 Å². The van der Waals surface area contributed by atoms with Crippen LogP contribution >= 0.6 is 11.3 Å². The Balaban J connectivity index is 2.70. The van der Waals surface area contributed by atoms with Gasteiger partial charge in [-0.15, -0.1) is 0 Å². The minimum Gasteiger partial charge on any atom is -0.476 e. The molecule has 2 aromatic heterocycles. The highest BCUT2D eigenvalue weighted by molar-refractivity contribution is 7.16. The molecular weight excluding hydrogens is 226 g/mol. The van der Waals surface area contributed by atoms with E-state index in [9.17, 15) is 9.90 Å². The van der Waals surface area contributed by atoms with Gasteiger partial charge in [0.2, 0.25) is 4.96 Å². The molecule has 5 nitrogen and oxygen atoms in total. The molecule has 86 valence electrons. The Morgan fingerprint density at radius 1 is 1.56 bits per heavy atom. The molecule has 0 aromatic carbocycles. The van der Waals surface area contributed by atoms with Gasteiger partial charge in [-0.05, 0) is 12.3 Å². The molecule has 0 radical (unpaired) electrons. The highest BCUT2D eigenvalue weighted by atomic mass is 32.1. The number of hydrogen-bond acceptors (Lipinski definition) is 4. The highest BCUT2D eigenvalue weighted by Gasteiger charge is 2.23. The molecule has 0 unspecified atom stereocenters. The third kappa shape index (κ3) is 1.59. The highest BCUT2D eigenvalue weighted by Crippen LogP contribution is 2.24. The van der Waals surface area contributed by atoms with E-state index in [-0.39, 0.29) is 11.6 Å². The van der Waals surface area contributed by atoms with Gasteiger partial charge in [0.15, 0.2) is 5.69 Å². The van der Waals surface area contributed by atoms with E-state index in [0.29, 0.717) is 10.7 Å². The molecule has 2 aromatic rings. The van der Waals surface area contributed by atoms with Gasteiger partial charge in [-0.1, -0.05) is 32.1 Å². The summed E-state index contributed by atoms with van der Waals surface area (Å²) in [6.07, 6.45) is 0.796. The lowest BCUT2D eigenvalue weighted by molar-refractivity contribution is 0.0686. The lowest BCUT2D eigenvalue weighted by Crippen LogP contribution is -2.07. The summed E-state index contributed by atoms with van der Waals surface area (Å²) >= 11 is 1.44. The molecule has 0 amide bonds. The van der Waals surface area contributed by atoms with E-state index in [1.54, 1.807) is 0 Å². The molecule has 0 aliphatic heterocycles. The number of carboxylic acid groups (broad SMARTS) is 1. The third-order valence-electron chi connectivity index (χ3n) is 2.32. The van der Waals surface area contributed by atoms with Crippen molar-refractivity contribution in [2.45, 2.75) is 33.1 Å². The smallest absolute Gasteiger partial charge is 0.356 e. The lowest BCUT2D eigenvalue weighted by Gasteiger charge is -2.01. The van der Waals surface area contributed by atoms with Gasteiger partial charge in [0.05, 0.1) is 5.69 Å². The van der Waals surface area contributed by atoms with Crippen molar-refractivity contribution in [3.05, 3.63) is 16.4 Å². The molecule has 2 heterocycles. The first-order valence-electron chi connectivity index (χ1n) is 5.16. The zero-order valence-corrected chi connectivity index (χ0v) is 10.2. The van der Waals surface area contributed by atoms with E-state index >= 15 is 0 Å². The van der Waals surface area contributed by atoms with Gasteiger partial charge in [-0.25, -0.2) is 9.78 Å². The minimum atomic E-state index is -0.968. The molecule has 0 bridgehead atoms. The van der Waals surface area contributed by atoms with Gasteiger partial charge in [-0.3, -0.25) is 0 Å². The normalized spacial score (nSPS) is 11.5. The van der Waals surface area contributed by atoms with Crippen molar-refractivity contribution in [3.63, 3.8) is 0 Å². The molecule has 0 aliphatic rings. The van der Waals surface area contributed by atoms with E-state index in [0.717, 1.165) is 11.4 Å². The van der Waals surface area contributed by atoms with Gasteiger partial charge >= 0.3 is 5.97 Å². The first-order valence-corrected chi connectivity index (χ1v) is 5.97. The van der Waals surface area contributed by atoms with E-state index in [4.69, 9.17) is 0 Å². The number of aromatic carboxylic acids is 1. The van der Waals surface area contributed by atoms with Crippen LogP contribution in [0.4, 0.5) is 0 Å². The van der Waals surface area contributed by atoms with Crippen molar-refractivity contribution < 1.29 is 9.90 Å². The number of carboxylic acids is 1. The molecule has 0 atom stereocenters. The standard InChI is InChI=1S/C10H13N3O2S/c1-4-6-12-13-8(9(14)15)7(5(2)3)11-10(13)16-6/h5H,4H2,1-3H3,(H,14,15). The lowest BCUT2D eigenvalue weighted by atomic mass is 10.1. The number of fused-ring (bicyclic) bond motifs is 1. The molecule has 6 heteroatoms. The molecule has 2 rings (SSSR count). The molecule has 16 heavy (non-hydrogen) atoms. The van der Waals surface area contributed by atoms with E-state index in [1.807, 2.05) is 20.8 Å². The number of rotatable bonds is 3. The molecule has 0 saturated heterocycles. The third-order valence-corrected chi connectivity index (χ3v) is 3.38. The van der Waals surface area contributed by atoms with Crippen molar-refractivity contribution in [2.24, 2.45) is 0 Å². The van der Waals surface area contributed by atoms with Crippen LogP contribution in [-0.2, 0) is 6.42 Å². The summed E-state index contributed by atoms with van der Waals surface area (Å²) in [5, 5.41) is 14.3. The van der Waals surface area contributed by atoms with Crippen LogP contribution in [-0.4, -0.2) is 25.7 Å². The average molecular weight is 239 g/mol. The van der Waals surface area contributed by atoms with Gasteiger partial charge in [0.1, 0.15) is 5.01 Å². The van der Waals surface area contributed by atoms with Gasteiger partial charge < -0.3 is 5.11 Å². The molecule has 1 N–H and O–H groups in total. The predicted octanol–water partition coefficient (Wildman–Crippen LogP) is 2.17. The summed E-state index contributed by atoms with van der Waals surface area (Å²) in [4.78, 5) is 16.2. The number of hydrogen-bond donors (Lipinski definition) is 1. The van der Waals surface area contributed by atoms with E-state index in [2.05, 4.69) is 10.1 Å². The maximum absolute atomic E-state index is 11.2. The minimum absolute atomic E-state index is 0.0880. The summed E-state index contributed by atoms with van der Waals surface area (Å²) in [6.45, 7) is 5.85. The second-order valence-corrected chi connectivity index (χ2v) is 4.89. The Kier molecular flexibility index (Phi) is 2.67. The van der Waals surface area contributed by atoms with Gasteiger partial charge in [-0.2, -0.15) is 9.61 Å². The van der Waals surface area contributed by atoms with Crippen LogP contribution in [0.1, 0.15) is 47.9 Å². The number of aryl methyl sites for hydroxylation is 1. The molecule has 0 aliphatic carbocycles. The zero-order valence-electron chi connectivity index (χ0n) is 9.39. The molecule has 0 fully saturated rings. The van der Waals surface area contributed by atoms with Crippen molar-refractivity contribution in [1.29, 1.82) is 0 Å². The Bertz CT molecular complexity index is 541. The zero-order chi connectivity index (χ0) is 11.9. The van der Waals surface area contributed by atoms with Crippen LogP contribution in [0.5, 0.6) is 0 Å².